The third-order valence-electron chi connectivity index (χ3n) is 7.38. The maximum atomic E-state index is 11.5. The van der Waals surface area contributed by atoms with Crippen LogP contribution in [0.5, 0.6) is 0 Å². The maximum absolute atomic E-state index is 11.5. The van der Waals surface area contributed by atoms with E-state index in [9.17, 15) is 4.79 Å². The monoisotopic (exact) mass is 553 g/mol. The summed E-state index contributed by atoms with van der Waals surface area (Å²) in [6.45, 7) is 9.35. The molecule has 210 valence electrons. The number of hydrogen-bond donors (Lipinski definition) is 0. The molecule has 1 atom stereocenters. The molecule has 4 rings (SSSR count). The summed E-state index contributed by atoms with van der Waals surface area (Å²) in [7, 11) is 0. The Bertz CT molecular complexity index is 1280. The number of hydrogen-bond acceptors (Lipinski definition) is 4. The minimum atomic E-state index is -0.289. The molecule has 1 heterocycles. The molecule has 0 spiro atoms. The Balaban J connectivity index is 1.43. The van der Waals surface area contributed by atoms with Gasteiger partial charge in [0, 0.05) is 28.3 Å². The highest BCUT2D eigenvalue weighted by Gasteiger charge is 2.20. The molecule has 0 saturated carbocycles. The summed E-state index contributed by atoms with van der Waals surface area (Å²) in [6, 6.07) is 34.5. The lowest BCUT2D eigenvalue weighted by Gasteiger charge is -2.29. The van der Waals surface area contributed by atoms with Crippen molar-refractivity contribution in [2.75, 3.05) is 13.1 Å². The van der Waals surface area contributed by atoms with Crippen molar-refractivity contribution in [3.8, 4) is 0 Å². The third kappa shape index (κ3) is 9.85. The number of aryl methyl sites for hydroxylation is 3. The number of benzene rings is 3. The van der Waals surface area contributed by atoms with Crippen molar-refractivity contribution in [3.05, 3.63) is 129 Å². The van der Waals surface area contributed by atoms with Gasteiger partial charge in [0.15, 0.2) is 0 Å². The molecule has 0 saturated heterocycles. The summed E-state index contributed by atoms with van der Waals surface area (Å²) in [6.07, 6.45) is 5.00. The normalized spacial score (nSPS) is 12.5. The first-order valence-corrected chi connectivity index (χ1v) is 15.2. The highest BCUT2D eigenvalue weighted by atomic mass is 32.1. The fourth-order valence-corrected chi connectivity index (χ4v) is 5.83. The van der Waals surface area contributed by atoms with E-state index < -0.39 is 0 Å². The van der Waals surface area contributed by atoms with E-state index in [0.29, 0.717) is 6.61 Å². The Hall–Kier alpha value is -3.05. The topological polar surface area (TPSA) is 29.5 Å². The minimum Gasteiger partial charge on any atom is -0.367 e. The van der Waals surface area contributed by atoms with E-state index in [1.165, 1.54) is 32.0 Å². The number of aldehydes is 1. The van der Waals surface area contributed by atoms with Crippen LogP contribution in [0, 0.1) is 12.3 Å². The van der Waals surface area contributed by atoms with Crippen molar-refractivity contribution in [1.29, 1.82) is 0 Å². The van der Waals surface area contributed by atoms with E-state index in [4.69, 9.17) is 4.74 Å². The van der Waals surface area contributed by atoms with Crippen molar-refractivity contribution >= 4 is 17.6 Å². The standard InChI is InChI=1S/C36H43NO2S/c1-29-15-17-31(18-16-29)25-37(24-10-23-36(2,3)28-38)26-35(32-13-8-5-9-14-32)39-27-34-22-21-33(40-34)20-19-30-11-6-4-7-12-30/h4-9,11-18,21-22,28,35H,10,19-20,23-27H2,1-3H3. The Kier molecular flexibility index (Phi) is 11.3. The fourth-order valence-electron chi connectivity index (χ4n) is 4.89. The Morgan fingerprint density at radius 3 is 2.20 bits per heavy atom. The van der Waals surface area contributed by atoms with Gasteiger partial charge in [-0.05, 0) is 68.0 Å². The molecule has 4 heteroatoms. The van der Waals surface area contributed by atoms with Crippen molar-refractivity contribution in [1.82, 2.24) is 4.90 Å². The Morgan fingerprint density at radius 1 is 0.825 bits per heavy atom. The van der Waals surface area contributed by atoms with Gasteiger partial charge in [-0.2, -0.15) is 0 Å². The smallest absolute Gasteiger partial charge is 0.125 e. The highest BCUT2D eigenvalue weighted by Crippen LogP contribution is 2.26. The number of carbonyl (C=O) groups is 1. The van der Waals surface area contributed by atoms with Crippen molar-refractivity contribution in [2.24, 2.45) is 5.41 Å². The Morgan fingerprint density at radius 2 is 1.50 bits per heavy atom. The summed E-state index contributed by atoms with van der Waals surface area (Å²) < 4.78 is 6.66. The molecule has 0 N–H and O–H groups in total. The second-order valence-corrected chi connectivity index (χ2v) is 12.7. The molecule has 4 aromatic rings. The van der Waals surface area contributed by atoms with Crippen molar-refractivity contribution in [2.45, 2.75) is 65.7 Å². The number of carbonyl (C=O) groups excluding carboxylic acids is 1. The first-order valence-electron chi connectivity index (χ1n) is 14.4. The lowest BCUT2D eigenvalue weighted by molar-refractivity contribution is -0.115. The SMILES string of the molecule is Cc1ccc(CN(CCCC(C)(C)C=O)CC(OCc2ccc(CCc3ccccc3)s2)c2ccccc2)cc1. The first-order chi connectivity index (χ1) is 19.4. The van der Waals surface area contributed by atoms with Crippen LogP contribution in [0.2, 0.25) is 0 Å². The highest BCUT2D eigenvalue weighted by molar-refractivity contribution is 7.11. The van der Waals surface area contributed by atoms with Crippen LogP contribution in [0.25, 0.3) is 0 Å². The molecule has 0 bridgehead atoms. The van der Waals surface area contributed by atoms with Gasteiger partial charge in [0.25, 0.3) is 0 Å². The van der Waals surface area contributed by atoms with Gasteiger partial charge in [-0.1, -0.05) is 104 Å². The summed E-state index contributed by atoms with van der Waals surface area (Å²) in [5.41, 5.74) is 4.86. The molecule has 0 amide bonds. The van der Waals surface area contributed by atoms with Crippen LogP contribution in [0.15, 0.2) is 97.1 Å². The molecular weight excluding hydrogens is 510 g/mol. The van der Waals surface area contributed by atoms with Crippen LogP contribution in [-0.2, 0) is 35.5 Å². The zero-order chi connectivity index (χ0) is 28.2. The lowest BCUT2D eigenvalue weighted by atomic mass is 9.90. The van der Waals surface area contributed by atoms with E-state index in [1.54, 1.807) is 0 Å². The van der Waals surface area contributed by atoms with E-state index in [-0.39, 0.29) is 11.5 Å². The minimum absolute atomic E-state index is 0.0411. The molecule has 0 fully saturated rings. The maximum Gasteiger partial charge on any atom is 0.125 e. The second kappa shape index (κ2) is 15.1. The van der Waals surface area contributed by atoms with Gasteiger partial charge in [-0.3, -0.25) is 4.90 Å². The molecular formula is C36H43NO2S. The van der Waals surface area contributed by atoms with E-state index in [1.807, 2.05) is 25.2 Å². The second-order valence-electron chi connectivity index (χ2n) is 11.5. The molecule has 3 aromatic carbocycles. The Labute approximate surface area is 244 Å². The molecule has 0 aliphatic carbocycles. The first kappa shape index (κ1) is 29.9. The van der Waals surface area contributed by atoms with Gasteiger partial charge >= 0.3 is 0 Å². The zero-order valence-corrected chi connectivity index (χ0v) is 25.0. The fraction of sp³-hybridized carbons (Fsp3) is 0.361. The van der Waals surface area contributed by atoms with Crippen LogP contribution in [0.3, 0.4) is 0 Å². The summed E-state index contributed by atoms with van der Waals surface area (Å²) >= 11 is 1.86. The largest absolute Gasteiger partial charge is 0.367 e. The summed E-state index contributed by atoms with van der Waals surface area (Å²) in [5, 5.41) is 0. The molecule has 1 aromatic heterocycles. The third-order valence-corrected chi connectivity index (χ3v) is 8.50. The van der Waals surface area contributed by atoms with Crippen LogP contribution in [-0.4, -0.2) is 24.3 Å². The molecule has 0 aliphatic heterocycles. The number of rotatable bonds is 16. The van der Waals surface area contributed by atoms with Crippen LogP contribution in [0.4, 0.5) is 0 Å². The molecule has 40 heavy (non-hydrogen) atoms. The predicted octanol–water partition coefficient (Wildman–Crippen LogP) is 8.61. The van der Waals surface area contributed by atoms with Gasteiger partial charge in [0.1, 0.15) is 6.29 Å². The van der Waals surface area contributed by atoms with E-state index >= 15 is 0 Å². The van der Waals surface area contributed by atoms with Gasteiger partial charge < -0.3 is 9.53 Å². The zero-order valence-electron chi connectivity index (χ0n) is 24.2. The van der Waals surface area contributed by atoms with Crippen LogP contribution < -0.4 is 0 Å². The molecule has 0 radical (unpaired) electrons. The van der Waals surface area contributed by atoms with Gasteiger partial charge in [-0.25, -0.2) is 0 Å². The van der Waals surface area contributed by atoms with Crippen LogP contribution in [0.1, 0.15) is 64.8 Å². The summed E-state index contributed by atoms with van der Waals surface area (Å²) in [5.74, 6) is 0. The number of nitrogens with zero attached hydrogens (tertiary/aromatic N) is 1. The van der Waals surface area contributed by atoms with Gasteiger partial charge in [-0.15, -0.1) is 11.3 Å². The van der Waals surface area contributed by atoms with E-state index in [0.717, 1.165) is 51.6 Å². The summed E-state index contributed by atoms with van der Waals surface area (Å²) in [4.78, 5) is 16.6. The predicted molar refractivity (Wildman–Crippen MR) is 168 cm³/mol. The average molecular weight is 554 g/mol. The number of thiophene rings is 1. The molecule has 1 unspecified atom stereocenters. The van der Waals surface area contributed by atoms with E-state index in [2.05, 4.69) is 109 Å². The van der Waals surface area contributed by atoms with Crippen molar-refractivity contribution < 1.29 is 9.53 Å². The van der Waals surface area contributed by atoms with Gasteiger partial charge in [0.05, 0.1) is 12.7 Å². The average Bonchev–Trinajstić information content (AvgIpc) is 3.44. The quantitative estimate of drug-likeness (QED) is 0.130. The molecule has 3 nitrogen and oxygen atoms in total. The van der Waals surface area contributed by atoms with Crippen LogP contribution >= 0.6 is 11.3 Å². The lowest BCUT2D eigenvalue weighted by Crippen LogP contribution is -2.31. The number of ether oxygens (including phenoxy) is 1. The van der Waals surface area contributed by atoms with Gasteiger partial charge in [0.2, 0.25) is 0 Å². The van der Waals surface area contributed by atoms with Crippen molar-refractivity contribution in [3.63, 3.8) is 0 Å². The molecule has 0 aliphatic rings.